The first-order chi connectivity index (χ1) is 12.1. The van der Waals surface area contributed by atoms with Gasteiger partial charge in [-0.2, -0.15) is 0 Å². The first-order valence-electron chi connectivity index (χ1n) is 9.88. The quantitative estimate of drug-likeness (QED) is 0.659. The number of hydrogen-bond acceptors (Lipinski definition) is 5. The van der Waals surface area contributed by atoms with Crippen molar-refractivity contribution in [3.8, 4) is 0 Å². The fourth-order valence-electron chi connectivity index (χ4n) is 7.25. The monoisotopic (exact) mass is 362 g/mol. The van der Waals surface area contributed by atoms with Crippen molar-refractivity contribution in [3.05, 3.63) is 12.2 Å². The van der Waals surface area contributed by atoms with Crippen molar-refractivity contribution in [3.63, 3.8) is 0 Å². The molecule has 9 atom stereocenters. The van der Waals surface area contributed by atoms with Gasteiger partial charge < -0.3 is 15.3 Å². The van der Waals surface area contributed by atoms with Gasteiger partial charge in [0.15, 0.2) is 11.6 Å². The number of fused-ring (bicyclic) bond motifs is 5. The SMILES string of the molecule is CC(=O)[C@@]1(O)CC[C@H]2[C@@H]3C(O)C(O)C4CC(=O)C=C[C@]4(C)[C@H]3CC[C@@]21C. The molecule has 5 heteroatoms. The fraction of sp³-hybridized carbons (Fsp3) is 0.810. The van der Waals surface area contributed by atoms with Gasteiger partial charge in [-0.3, -0.25) is 9.59 Å². The Morgan fingerprint density at radius 2 is 1.73 bits per heavy atom. The van der Waals surface area contributed by atoms with Gasteiger partial charge in [-0.05, 0) is 61.9 Å². The highest BCUT2D eigenvalue weighted by molar-refractivity contribution is 5.91. The molecule has 3 fully saturated rings. The van der Waals surface area contributed by atoms with Crippen molar-refractivity contribution in [1.29, 1.82) is 0 Å². The maximum Gasteiger partial charge on any atom is 0.161 e. The molecule has 0 aromatic carbocycles. The second-order valence-corrected chi connectivity index (χ2v) is 9.66. The van der Waals surface area contributed by atoms with Gasteiger partial charge >= 0.3 is 0 Å². The fourth-order valence-corrected chi connectivity index (χ4v) is 7.25. The molecule has 0 radical (unpaired) electrons. The van der Waals surface area contributed by atoms with Gasteiger partial charge in [0.1, 0.15) is 5.60 Å². The van der Waals surface area contributed by atoms with Crippen LogP contribution in [0.5, 0.6) is 0 Å². The molecule has 3 N–H and O–H groups in total. The Morgan fingerprint density at radius 3 is 2.38 bits per heavy atom. The maximum absolute atomic E-state index is 12.3. The van der Waals surface area contributed by atoms with Crippen LogP contribution >= 0.6 is 0 Å². The lowest BCUT2D eigenvalue weighted by atomic mass is 9.44. The molecule has 5 nitrogen and oxygen atoms in total. The van der Waals surface area contributed by atoms with Gasteiger partial charge in [0, 0.05) is 17.8 Å². The molecule has 4 aliphatic carbocycles. The minimum atomic E-state index is -1.34. The van der Waals surface area contributed by atoms with E-state index in [0.717, 1.165) is 12.8 Å². The van der Waals surface area contributed by atoms with Crippen molar-refractivity contribution in [1.82, 2.24) is 0 Å². The summed E-state index contributed by atoms with van der Waals surface area (Å²) < 4.78 is 0. The molecule has 0 amide bonds. The van der Waals surface area contributed by atoms with Gasteiger partial charge in [-0.15, -0.1) is 0 Å². The van der Waals surface area contributed by atoms with E-state index in [4.69, 9.17) is 0 Å². The third-order valence-corrected chi connectivity index (χ3v) is 8.87. The van der Waals surface area contributed by atoms with Gasteiger partial charge in [0.25, 0.3) is 0 Å². The molecule has 0 bridgehead atoms. The number of ketones is 2. The number of hydrogen-bond donors (Lipinski definition) is 3. The summed E-state index contributed by atoms with van der Waals surface area (Å²) in [6.07, 6.45) is 4.58. The summed E-state index contributed by atoms with van der Waals surface area (Å²) in [5, 5.41) is 33.0. The van der Waals surface area contributed by atoms with E-state index in [-0.39, 0.29) is 47.1 Å². The van der Waals surface area contributed by atoms with E-state index in [0.29, 0.717) is 12.8 Å². The summed E-state index contributed by atoms with van der Waals surface area (Å²) in [5.41, 5.74) is -2.25. The normalized spacial score (nSPS) is 55.8. The van der Waals surface area contributed by atoms with E-state index < -0.39 is 23.2 Å². The molecule has 144 valence electrons. The summed E-state index contributed by atoms with van der Waals surface area (Å²) >= 11 is 0. The lowest BCUT2D eigenvalue weighted by Gasteiger charge is -2.62. The average Bonchev–Trinajstić information content (AvgIpc) is 2.87. The maximum atomic E-state index is 12.3. The van der Waals surface area contributed by atoms with Crippen LogP contribution in [0.1, 0.15) is 52.9 Å². The lowest BCUT2D eigenvalue weighted by molar-refractivity contribution is -0.207. The van der Waals surface area contributed by atoms with Crippen LogP contribution in [0.25, 0.3) is 0 Å². The minimum Gasteiger partial charge on any atom is -0.390 e. The van der Waals surface area contributed by atoms with Crippen LogP contribution in [-0.4, -0.2) is 44.7 Å². The van der Waals surface area contributed by atoms with Crippen molar-refractivity contribution >= 4 is 11.6 Å². The smallest absolute Gasteiger partial charge is 0.161 e. The number of Topliss-reactive ketones (excluding diaryl/α,β-unsaturated/α-hetero) is 1. The molecule has 0 heterocycles. The Bertz CT molecular complexity index is 686. The van der Waals surface area contributed by atoms with Crippen molar-refractivity contribution in [2.75, 3.05) is 0 Å². The number of aliphatic hydroxyl groups excluding tert-OH is 2. The van der Waals surface area contributed by atoms with Crippen LogP contribution in [0.15, 0.2) is 12.2 Å². The summed E-state index contributed by atoms with van der Waals surface area (Å²) in [5.74, 6) is -0.500. The number of carbonyl (C=O) groups excluding carboxylic acids is 2. The first-order valence-corrected chi connectivity index (χ1v) is 9.88. The van der Waals surface area contributed by atoms with Crippen LogP contribution in [0, 0.1) is 34.5 Å². The number of aliphatic hydroxyl groups is 3. The molecular weight excluding hydrogens is 332 g/mol. The summed E-state index contributed by atoms with van der Waals surface area (Å²) in [6, 6.07) is 0. The second-order valence-electron chi connectivity index (χ2n) is 9.66. The van der Waals surface area contributed by atoms with Gasteiger partial charge in [0.2, 0.25) is 0 Å². The predicted octanol–water partition coefficient (Wildman–Crippen LogP) is 1.64. The highest BCUT2D eigenvalue weighted by Crippen LogP contribution is 2.67. The van der Waals surface area contributed by atoms with Crippen LogP contribution < -0.4 is 0 Å². The number of rotatable bonds is 1. The minimum absolute atomic E-state index is 0.00430. The molecule has 0 aromatic rings. The molecule has 0 aliphatic heterocycles. The summed E-state index contributed by atoms with van der Waals surface area (Å²) in [7, 11) is 0. The van der Waals surface area contributed by atoms with Crippen molar-refractivity contribution in [2.45, 2.75) is 70.7 Å². The summed E-state index contributed by atoms with van der Waals surface area (Å²) in [4.78, 5) is 24.2. The summed E-state index contributed by atoms with van der Waals surface area (Å²) in [6.45, 7) is 5.54. The van der Waals surface area contributed by atoms with Crippen LogP contribution in [0.2, 0.25) is 0 Å². The molecule has 26 heavy (non-hydrogen) atoms. The molecule has 3 unspecified atom stereocenters. The highest BCUT2D eigenvalue weighted by atomic mass is 16.3. The van der Waals surface area contributed by atoms with E-state index in [1.807, 2.05) is 13.0 Å². The van der Waals surface area contributed by atoms with Gasteiger partial charge in [-0.1, -0.05) is 19.9 Å². The van der Waals surface area contributed by atoms with Crippen molar-refractivity contribution < 1.29 is 24.9 Å². The lowest BCUT2D eigenvalue weighted by Crippen LogP contribution is -2.64. The third kappa shape index (κ3) is 2.02. The molecule has 0 aromatic heterocycles. The Hall–Kier alpha value is -1.04. The highest BCUT2D eigenvalue weighted by Gasteiger charge is 2.68. The molecule has 0 saturated heterocycles. The van der Waals surface area contributed by atoms with E-state index in [1.165, 1.54) is 6.92 Å². The molecule has 4 rings (SSSR count). The van der Waals surface area contributed by atoms with E-state index >= 15 is 0 Å². The number of carbonyl (C=O) groups is 2. The van der Waals surface area contributed by atoms with Crippen molar-refractivity contribution in [2.24, 2.45) is 34.5 Å². The Kier molecular flexibility index (Phi) is 3.87. The third-order valence-electron chi connectivity index (χ3n) is 8.87. The average molecular weight is 362 g/mol. The van der Waals surface area contributed by atoms with E-state index in [2.05, 4.69) is 6.92 Å². The standard InChI is InChI=1S/C21H30O5/c1-11(22)21(26)9-6-14-16-13(5-8-20(14,21)3)19(2)7-4-12(23)10-15(19)17(24)18(16)25/h4,7,13-18,24-26H,5-6,8-10H2,1-3H3/t13-,14-,15?,16+,17?,18?,19+,20-,21-/m0/s1. The van der Waals surface area contributed by atoms with Gasteiger partial charge in [0.05, 0.1) is 12.2 Å². The predicted molar refractivity (Wildman–Crippen MR) is 95.1 cm³/mol. The Labute approximate surface area is 154 Å². The van der Waals surface area contributed by atoms with Gasteiger partial charge in [-0.25, -0.2) is 0 Å². The topological polar surface area (TPSA) is 94.8 Å². The van der Waals surface area contributed by atoms with E-state index in [9.17, 15) is 24.9 Å². The zero-order chi connectivity index (χ0) is 19.1. The number of allylic oxidation sites excluding steroid dienone is 2. The zero-order valence-corrected chi connectivity index (χ0v) is 15.8. The first kappa shape index (κ1) is 18.3. The second kappa shape index (κ2) is 5.49. The Balaban J connectivity index is 1.78. The largest absolute Gasteiger partial charge is 0.390 e. The van der Waals surface area contributed by atoms with Crippen LogP contribution in [0.4, 0.5) is 0 Å². The molecule has 4 aliphatic rings. The Morgan fingerprint density at radius 1 is 1.08 bits per heavy atom. The zero-order valence-electron chi connectivity index (χ0n) is 15.8. The molecule has 0 spiro atoms. The molecular formula is C21H30O5. The van der Waals surface area contributed by atoms with E-state index in [1.54, 1.807) is 6.08 Å². The molecule has 3 saturated carbocycles. The van der Waals surface area contributed by atoms with Crippen LogP contribution in [-0.2, 0) is 9.59 Å². The van der Waals surface area contributed by atoms with Crippen LogP contribution in [0.3, 0.4) is 0 Å².